The Bertz CT molecular complexity index is 463. The number of carbonyl (C=O) groups excluding carboxylic acids is 1. The lowest BCUT2D eigenvalue weighted by molar-refractivity contribution is -0.144. The average molecular weight is 294 g/mol. The van der Waals surface area contributed by atoms with E-state index in [4.69, 9.17) is 0 Å². The Labute approximate surface area is 126 Å². The zero-order valence-corrected chi connectivity index (χ0v) is 13.8. The van der Waals surface area contributed by atoms with Crippen LogP contribution in [0.15, 0.2) is 12.1 Å². The third-order valence-electron chi connectivity index (χ3n) is 4.77. The Kier molecular flexibility index (Phi) is 4.86. The van der Waals surface area contributed by atoms with E-state index in [1.54, 1.807) is 11.3 Å². The van der Waals surface area contributed by atoms with Crippen molar-refractivity contribution in [3.8, 4) is 0 Å². The van der Waals surface area contributed by atoms with E-state index in [-0.39, 0.29) is 11.5 Å². The van der Waals surface area contributed by atoms with E-state index in [0.717, 1.165) is 32.4 Å². The van der Waals surface area contributed by atoms with Crippen LogP contribution in [0.4, 0.5) is 0 Å². The summed E-state index contributed by atoms with van der Waals surface area (Å²) in [7, 11) is 1.96. The van der Waals surface area contributed by atoms with Crippen LogP contribution in [0.1, 0.15) is 48.9 Å². The second kappa shape index (κ2) is 6.27. The van der Waals surface area contributed by atoms with Gasteiger partial charge in [0.1, 0.15) is 0 Å². The molecule has 1 atom stereocenters. The molecule has 0 saturated carbocycles. The van der Waals surface area contributed by atoms with Crippen molar-refractivity contribution in [1.29, 1.82) is 0 Å². The van der Waals surface area contributed by atoms with Gasteiger partial charge in [0.2, 0.25) is 5.91 Å². The van der Waals surface area contributed by atoms with Gasteiger partial charge in [-0.2, -0.15) is 0 Å². The molecule has 1 unspecified atom stereocenters. The van der Waals surface area contributed by atoms with Crippen molar-refractivity contribution in [2.75, 3.05) is 20.1 Å². The Morgan fingerprint density at radius 1 is 1.45 bits per heavy atom. The first-order valence-corrected chi connectivity index (χ1v) is 8.36. The summed E-state index contributed by atoms with van der Waals surface area (Å²) in [5.41, 5.74) is -0.152. The van der Waals surface area contributed by atoms with Gasteiger partial charge in [-0.15, -0.1) is 11.3 Å². The van der Waals surface area contributed by atoms with Crippen molar-refractivity contribution in [1.82, 2.24) is 10.2 Å². The predicted octanol–water partition coefficient (Wildman–Crippen LogP) is 3.36. The van der Waals surface area contributed by atoms with Crippen molar-refractivity contribution < 1.29 is 4.79 Å². The molecule has 1 saturated heterocycles. The molecule has 1 aromatic rings. The molecule has 0 bridgehead atoms. The van der Waals surface area contributed by atoms with Crippen LogP contribution < -0.4 is 5.32 Å². The fourth-order valence-electron chi connectivity index (χ4n) is 3.04. The van der Waals surface area contributed by atoms with Gasteiger partial charge in [-0.05, 0) is 58.3 Å². The normalized spacial score (nSPS) is 19.6. The number of nitrogens with one attached hydrogen (secondary N) is 1. The molecule has 3 nitrogen and oxygen atoms in total. The Hall–Kier alpha value is -0.870. The summed E-state index contributed by atoms with van der Waals surface area (Å²) in [6.45, 7) is 8.31. The summed E-state index contributed by atoms with van der Waals surface area (Å²) in [4.78, 5) is 17.5. The van der Waals surface area contributed by atoms with Gasteiger partial charge >= 0.3 is 0 Å². The lowest BCUT2D eigenvalue weighted by Crippen LogP contribution is -2.48. The van der Waals surface area contributed by atoms with Gasteiger partial charge in [0.15, 0.2) is 0 Å². The number of piperidine rings is 1. The second-order valence-corrected chi connectivity index (χ2v) is 7.24. The van der Waals surface area contributed by atoms with Gasteiger partial charge in [-0.3, -0.25) is 4.79 Å². The van der Waals surface area contributed by atoms with Crippen molar-refractivity contribution in [3.05, 3.63) is 21.9 Å². The minimum atomic E-state index is -0.152. The van der Waals surface area contributed by atoms with E-state index < -0.39 is 0 Å². The third kappa shape index (κ3) is 2.91. The zero-order chi connectivity index (χ0) is 14.8. The summed E-state index contributed by atoms with van der Waals surface area (Å²) in [5.74, 6) is 0.319. The maximum Gasteiger partial charge on any atom is 0.229 e. The monoisotopic (exact) mass is 294 g/mol. The van der Waals surface area contributed by atoms with Crippen molar-refractivity contribution >= 4 is 17.2 Å². The molecule has 0 spiro atoms. The van der Waals surface area contributed by atoms with Crippen LogP contribution in [-0.2, 0) is 4.79 Å². The van der Waals surface area contributed by atoms with E-state index >= 15 is 0 Å². The number of carbonyl (C=O) groups is 1. The minimum absolute atomic E-state index is 0.152. The molecule has 4 heteroatoms. The van der Waals surface area contributed by atoms with Crippen molar-refractivity contribution in [2.24, 2.45) is 5.41 Å². The van der Waals surface area contributed by atoms with Crippen molar-refractivity contribution in [3.63, 3.8) is 0 Å². The highest BCUT2D eigenvalue weighted by molar-refractivity contribution is 7.12. The van der Waals surface area contributed by atoms with E-state index in [0.29, 0.717) is 5.91 Å². The van der Waals surface area contributed by atoms with E-state index in [9.17, 15) is 4.79 Å². The summed E-state index contributed by atoms with van der Waals surface area (Å²) >= 11 is 1.79. The highest BCUT2D eigenvalue weighted by Crippen LogP contribution is 2.37. The van der Waals surface area contributed by atoms with Gasteiger partial charge in [0.25, 0.3) is 0 Å². The Balaban J connectivity index is 2.14. The first kappa shape index (κ1) is 15.5. The molecule has 1 fully saturated rings. The van der Waals surface area contributed by atoms with Crippen LogP contribution in [-0.4, -0.2) is 30.9 Å². The van der Waals surface area contributed by atoms with Gasteiger partial charge in [-0.25, -0.2) is 0 Å². The van der Waals surface area contributed by atoms with Crippen LogP contribution >= 0.6 is 11.3 Å². The first-order chi connectivity index (χ1) is 9.50. The molecular formula is C16H26N2OS. The van der Waals surface area contributed by atoms with Gasteiger partial charge in [0, 0.05) is 16.8 Å². The number of hydrogen-bond donors (Lipinski definition) is 1. The van der Waals surface area contributed by atoms with Crippen LogP contribution in [0.25, 0.3) is 0 Å². The third-order valence-corrected chi connectivity index (χ3v) is 5.94. The number of rotatable bonds is 4. The maximum absolute atomic E-state index is 13.0. The lowest BCUT2D eigenvalue weighted by atomic mass is 9.75. The maximum atomic E-state index is 13.0. The highest BCUT2D eigenvalue weighted by Gasteiger charge is 2.40. The molecule has 1 N–H and O–H groups in total. The lowest BCUT2D eigenvalue weighted by Gasteiger charge is -2.40. The summed E-state index contributed by atoms with van der Waals surface area (Å²) < 4.78 is 0. The quantitative estimate of drug-likeness (QED) is 0.923. The predicted molar refractivity (Wildman–Crippen MR) is 85.1 cm³/mol. The SMILES string of the molecule is CCC1(C(=O)N(C)C(C)c2ccc(C)s2)CCNCC1. The molecule has 1 aliphatic heterocycles. The number of hydrogen-bond acceptors (Lipinski definition) is 3. The van der Waals surface area contributed by atoms with E-state index in [2.05, 4.69) is 38.2 Å². The van der Waals surface area contributed by atoms with Crippen molar-refractivity contribution in [2.45, 2.75) is 46.1 Å². The Morgan fingerprint density at radius 2 is 2.10 bits per heavy atom. The molecule has 2 rings (SSSR count). The average Bonchev–Trinajstić information content (AvgIpc) is 2.92. The largest absolute Gasteiger partial charge is 0.338 e. The van der Waals surface area contributed by atoms with Crippen LogP contribution in [0.5, 0.6) is 0 Å². The Morgan fingerprint density at radius 3 is 2.60 bits per heavy atom. The molecular weight excluding hydrogens is 268 g/mol. The number of amides is 1. The molecule has 1 amide bonds. The molecule has 0 aromatic carbocycles. The number of aryl methyl sites for hydroxylation is 1. The molecule has 112 valence electrons. The molecule has 1 aromatic heterocycles. The molecule has 1 aliphatic rings. The molecule has 2 heterocycles. The summed E-state index contributed by atoms with van der Waals surface area (Å²) in [5, 5.41) is 3.36. The fraction of sp³-hybridized carbons (Fsp3) is 0.688. The van der Waals surface area contributed by atoms with E-state index in [1.165, 1.54) is 9.75 Å². The smallest absolute Gasteiger partial charge is 0.229 e. The molecule has 0 radical (unpaired) electrons. The van der Waals surface area contributed by atoms with Crippen LogP contribution in [0, 0.1) is 12.3 Å². The van der Waals surface area contributed by atoms with Gasteiger partial charge < -0.3 is 10.2 Å². The van der Waals surface area contributed by atoms with Crippen LogP contribution in [0.3, 0.4) is 0 Å². The first-order valence-electron chi connectivity index (χ1n) is 7.54. The summed E-state index contributed by atoms with van der Waals surface area (Å²) in [6.07, 6.45) is 2.86. The minimum Gasteiger partial charge on any atom is -0.338 e. The number of thiophene rings is 1. The van der Waals surface area contributed by atoms with E-state index in [1.807, 2.05) is 11.9 Å². The topological polar surface area (TPSA) is 32.3 Å². The second-order valence-electron chi connectivity index (χ2n) is 5.92. The zero-order valence-electron chi connectivity index (χ0n) is 13.0. The fourth-order valence-corrected chi connectivity index (χ4v) is 4.02. The standard InChI is InChI=1S/C16H26N2OS/c1-5-16(8-10-17-11-9-16)15(19)18(4)13(3)14-7-6-12(2)20-14/h6-7,13,17H,5,8-11H2,1-4H3. The van der Waals surface area contributed by atoms with Gasteiger partial charge in [-0.1, -0.05) is 6.92 Å². The highest BCUT2D eigenvalue weighted by atomic mass is 32.1. The van der Waals surface area contributed by atoms with Gasteiger partial charge in [0.05, 0.1) is 11.5 Å². The van der Waals surface area contributed by atoms with Crippen LogP contribution in [0.2, 0.25) is 0 Å². The molecule has 0 aliphatic carbocycles. The number of nitrogens with zero attached hydrogens (tertiary/aromatic N) is 1. The summed E-state index contributed by atoms with van der Waals surface area (Å²) in [6, 6.07) is 4.45. The molecule has 20 heavy (non-hydrogen) atoms.